The van der Waals surface area contributed by atoms with Gasteiger partial charge in [0.2, 0.25) is 18.5 Å². The van der Waals surface area contributed by atoms with Crippen molar-refractivity contribution in [2.24, 2.45) is 5.92 Å². The van der Waals surface area contributed by atoms with Crippen molar-refractivity contribution in [2.75, 3.05) is 4.90 Å². The number of carboxylic acids is 1. The van der Waals surface area contributed by atoms with Gasteiger partial charge in [0, 0.05) is 11.3 Å². The minimum Gasteiger partial charge on any atom is -0.508 e. The number of anilines is 1. The lowest BCUT2D eigenvalue weighted by Crippen LogP contribution is -2.61. The van der Waals surface area contributed by atoms with Crippen molar-refractivity contribution in [2.45, 2.75) is 74.2 Å². The normalized spacial score (nSPS) is 29.1. The zero-order valence-corrected chi connectivity index (χ0v) is 29.9. The molecule has 3 aliphatic heterocycles. The number of amides is 1. The molecule has 11 atom stereocenters. The van der Waals surface area contributed by atoms with E-state index in [1.807, 2.05) is 0 Å². The van der Waals surface area contributed by atoms with Crippen LogP contribution < -0.4 is 9.64 Å². The van der Waals surface area contributed by atoms with E-state index in [-0.39, 0.29) is 30.2 Å². The Morgan fingerprint density at radius 1 is 0.807 bits per heavy atom. The molecule has 57 heavy (non-hydrogen) atoms. The molecule has 4 aromatic carbocycles. The van der Waals surface area contributed by atoms with Crippen LogP contribution in [0.5, 0.6) is 11.5 Å². The van der Waals surface area contributed by atoms with E-state index in [0.717, 1.165) is 6.26 Å². The number of phenols is 1. The zero-order chi connectivity index (χ0) is 40.5. The van der Waals surface area contributed by atoms with E-state index in [2.05, 4.69) is 0 Å². The van der Waals surface area contributed by atoms with E-state index < -0.39 is 84.8 Å². The molecule has 0 bridgehead atoms. The van der Waals surface area contributed by atoms with E-state index in [1.165, 1.54) is 41.3 Å². The van der Waals surface area contributed by atoms with Gasteiger partial charge >= 0.3 is 5.97 Å². The summed E-state index contributed by atoms with van der Waals surface area (Å²) in [7, 11) is 0. The van der Waals surface area contributed by atoms with Gasteiger partial charge in [-0.15, -0.1) is 0 Å². The SMILES string of the molecule is O=C(O)C1O[C@@H](Oc2cc(-c3cccc(O)c3)ccc2[C@@H]2[C@@H](CC[C@H](O[C@@H]3OC=C(O)C(O)C3O)c3ccc(F)cc3)C(=O)N2c2ccccc2)C(O)C(O)[C@@H]1O. The van der Waals surface area contributed by atoms with Gasteiger partial charge in [-0.05, 0) is 72.0 Å². The molecule has 3 heterocycles. The molecular formula is C41H40FNO14. The minimum atomic E-state index is -1.97. The number of rotatable bonds is 12. The van der Waals surface area contributed by atoms with Gasteiger partial charge in [-0.25, -0.2) is 9.18 Å². The van der Waals surface area contributed by atoms with Crippen molar-refractivity contribution in [3.05, 3.63) is 126 Å². The minimum absolute atomic E-state index is 0.0155. The fourth-order valence-electron chi connectivity index (χ4n) is 7.29. The van der Waals surface area contributed by atoms with Crippen molar-refractivity contribution in [3.8, 4) is 22.6 Å². The van der Waals surface area contributed by atoms with Gasteiger partial charge in [0.15, 0.2) is 11.9 Å². The number of aliphatic carboxylic acids is 1. The first-order chi connectivity index (χ1) is 27.3. The topological polar surface area (TPSA) is 236 Å². The molecule has 300 valence electrons. The van der Waals surface area contributed by atoms with Crippen LogP contribution in [0.4, 0.5) is 10.1 Å². The lowest BCUT2D eigenvalue weighted by atomic mass is 9.77. The predicted octanol–water partition coefficient (Wildman–Crippen LogP) is 3.19. The summed E-state index contributed by atoms with van der Waals surface area (Å²) < 4.78 is 37.1. The van der Waals surface area contributed by atoms with Crippen LogP contribution in [0.2, 0.25) is 0 Å². The van der Waals surface area contributed by atoms with Crippen LogP contribution in [0.3, 0.4) is 0 Å². The molecule has 5 unspecified atom stereocenters. The molecule has 1 amide bonds. The highest BCUT2D eigenvalue weighted by Gasteiger charge is 2.52. The summed E-state index contributed by atoms with van der Waals surface area (Å²) in [5.74, 6) is -3.85. The Morgan fingerprint density at radius 3 is 2.23 bits per heavy atom. The molecule has 2 fully saturated rings. The number of carbonyl (C=O) groups is 2. The van der Waals surface area contributed by atoms with Crippen LogP contribution in [-0.2, 0) is 23.8 Å². The van der Waals surface area contributed by atoms with E-state index >= 15 is 0 Å². The lowest BCUT2D eigenvalue weighted by Gasteiger charge is -2.48. The van der Waals surface area contributed by atoms with Crippen molar-refractivity contribution in [3.63, 3.8) is 0 Å². The number of aliphatic hydroxyl groups is 6. The van der Waals surface area contributed by atoms with Gasteiger partial charge in [-0.3, -0.25) is 4.79 Å². The highest BCUT2D eigenvalue weighted by Crippen LogP contribution is 2.50. The van der Waals surface area contributed by atoms with Crippen LogP contribution in [0.15, 0.2) is 109 Å². The Bertz CT molecular complexity index is 2100. The van der Waals surface area contributed by atoms with E-state index in [4.69, 9.17) is 18.9 Å². The molecular weight excluding hydrogens is 749 g/mol. The van der Waals surface area contributed by atoms with Crippen molar-refractivity contribution in [1.82, 2.24) is 0 Å². The van der Waals surface area contributed by atoms with E-state index in [1.54, 1.807) is 60.7 Å². The average molecular weight is 790 g/mol. The highest BCUT2D eigenvalue weighted by atomic mass is 19.1. The average Bonchev–Trinajstić information content (AvgIpc) is 3.20. The van der Waals surface area contributed by atoms with Gasteiger partial charge in [0.05, 0.1) is 18.1 Å². The second kappa shape index (κ2) is 16.5. The second-order valence-electron chi connectivity index (χ2n) is 14.0. The number of nitrogens with zero attached hydrogens (tertiary/aromatic N) is 1. The van der Waals surface area contributed by atoms with Crippen LogP contribution >= 0.6 is 0 Å². The number of aromatic hydroxyl groups is 1. The number of benzene rings is 4. The van der Waals surface area contributed by atoms with E-state index in [0.29, 0.717) is 27.9 Å². The molecule has 2 saturated heterocycles. The Balaban J connectivity index is 1.26. The standard InChI is InChI=1S/C41H40FNO14/c42-23-12-9-20(10-13-23)29(55-40-35(49)32(46)28(45)19-54-40)16-15-27-31(43(38(27)51)24-6-2-1-3-7-24)26-14-11-22(21-5-4-8-25(44)17-21)18-30(26)56-41-36(50)33(47)34(48)37(57-41)39(52)53/h1-14,17-19,27,29,31-37,40-41,44-50H,15-16H2,(H,52,53)/t27-,29+,31-,32?,33?,34+,35?,36?,37?,40+,41-/m1/s1. The summed E-state index contributed by atoms with van der Waals surface area (Å²) in [6.07, 6.45) is -14.3. The van der Waals surface area contributed by atoms with Gasteiger partial charge in [0.25, 0.3) is 0 Å². The molecule has 4 aromatic rings. The van der Waals surface area contributed by atoms with E-state index in [9.17, 15) is 54.8 Å². The Kier molecular flexibility index (Phi) is 11.5. The van der Waals surface area contributed by atoms with Gasteiger partial charge in [-0.1, -0.05) is 54.6 Å². The summed E-state index contributed by atoms with van der Waals surface area (Å²) >= 11 is 0. The molecule has 0 aliphatic carbocycles. The third-order valence-corrected chi connectivity index (χ3v) is 10.3. The number of carbonyl (C=O) groups excluding carboxylic acids is 1. The van der Waals surface area contributed by atoms with Gasteiger partial charge in [0.1, 0.15) is 54.1 Å². The van der Waals surface area contributed by atoms with Gasteiger partial charge in [-0.2, -0.15) is 0 Å². The number of phenolic OH excluding ortho intramolecular Hbond substituents is 1. The summed E-state index contributed by atoms with van der Waals surface area (Å²) in [6, 6.07) is 24.5. The predicted molar refractivity (Wildman–Crippen MR) is 196 cm³/mol. The highest BCUT2D eigenvalue weighted by molar-refractivity contribution is 6.03. The number of para-hydroxylation sites is 1. The molecule has 16 heteroatoms. The molecule has 0 aromatic heterocycles. The Hall–Kier alpha value is -5.59. The van der Waals surface area contributed by atoms with Crippen molar-refractivity contribution < 1.29 is 73.8 Å². The molecule has 0 spiro atoms. The second-order valence-corrected chi connectivity index (χ2v) is 14.0. The maximum atomic E-state index is 14.2. The third-order valence-electron chi connectivity index (χ3n) is 10.3. The van der Waals surface area contributed by atoms with Crippen LogP contribution in [-0.4, -0.2) is 102 Å². The Morgan fingerprint density at radius 2 is 1.53 bits per heavy atom. The quantitative estimate of drug-likeness (QED) is 0.0964. The first-order valence-electron chi connectivity index (χ1n) is 18.0. The fourth-order valence-corrected chi connectivity index (χ4v) is 7.29. The molecule has 8 N–H and O–H groups in total. The molecule has 0 saturated carbocycles. The molecule has 15 nitrogen and oxygen atoms in total. The lowest BCUT2D eigenvalue weighted by molar-refractivity contribution is -0.271. The zero-order valence-electron chi connectivity index (χ0n) is 29.9. The third kappa shape index (κ3) is 8.01. The molecule has 7 rings (SSSR count). The van der Waals surface area contributed by atoms with Crippen LogP contribution in [0.1, 0.15) is 36.1 Å². The maximum absolute atomic E-state index is 14.2. The summed E-state index contributed by atoms with van der Waals surface area (Å²) in [6.45, 7) is 0. The number of aliphatic hydroxyl groups excluding tert-OH is 6. The first kappa shape index (κ1) is 39.6. The number of hydrogen-bond donors (Lipinski definition) is 8. The Labute approximate surface area is 324 Å². The number of β-lactam (4-membered cyclic amide) rings is 1. The first-order valence-corrected chi connectivity index (χ1v) is 18.0. The largest absolute Gasteiger partial charge is 0.508 e. The van der Waals surface area contributed by atoms with Crippen molar-refractivity contribution in [1.29, 1.82) is 0 Å². The molecule has 3 aliphatic rings. The summed E-state index contributed by atoms with van der Waals surface area (Å²) in [4.78, 5) is 27.6. The maximum Gasteiger partial charge on any atom is 0.335 e. The molecule has 0 radical (unpaired) electrons. The van der Waals surface area contributed by atoms with Gasteiger partial charge < -0.3 is 64.7 Å². The number of ether oxygens (including phenoxy) is 4. The monoisotopic (exact) mass is 789 g/mol. The smallest absolute Gasteiger partial charge is 0.335 e. The number of hydrogen-bond acceptors (Lipinski definition) is 13. The van der Waals surface area contributed by atoms with Crippen molar-refractivity contribution >= 4 is 17.6 Å². The summed E-state index contributed by atoms with van der Waals surface area (Å²) in [5.41, 5.74) is 2.42. The van der Waals surface area contributed by atoms with Crippen LogP contribution in [0.25, 0.3) is 11.1 Å². The fraction of sp³-hybridized carbons (Fsp3) is 0.317. The number of carboxylic acid groups (broad SMARTS) is 1. The number of halogens is 1. The summed E-state index contributed by atoms with van der Waals surface area (Å²) in [5, 5.41) is 82.4. The van der Waals surface area contributed by atoms with Crippen LogP contribution in [0, 0.1) is 11.7 Å².